The third-order valence-corrected chi connectivity index (χ3v) is 7.62. The molecule has 0 bridgehead atoms. The monoisotopic (exact) mass is 642 g/mol. The van der Waals surface area contributed by atoms with E-state index >= 15 is 0 Å². The van der Waals surface area contributed by atoms with Crippen molar-refractivity contribution >= 4 is 5.78 Å². The van der Waals surface area contributed by atoms with E-state index in [0.717, 1.165) is 94.1 Å². The first-order valence-corrected chi connectivity index (χ1v) is 18.2. The van der Waals surface area contributed by atoms with Gasteiger partial charge in [0.2, 0.25) is 0 Å². The minimum absolute atomic E-state index is 0.0731. The van der Waals surface area contributed by atoms with Crippen LogP contribution in [0.2, 0.25) is 0 Å². The lowest BCUT2D eigenvalue weighted by atomic mass is 9.99. The van der Waals surface area contributed by atoms with Crippen LogP contribution in [0.15, 0.2) is 24.3 Å². The molecule has 0 aliphatic carbocycles. The summed E-state index contributed by atoms with van der Waals surface area (Å²) in [6.45, 7) is 16.1. The van der Waals surface area contributed by atoms with Gasteiger partial charge in [-0.1, -0.05) is 80.1 Å². The van der Waals surface area contributed by atoms with Crippen LogP contribution in [0.25, 0.3) is 0 Å². The molecular weight excluding hydrogens is 580 g/mol. The lowest BCUT2D eigenvalue weighted by Gasteiger charge is -2.22. The molecule has 7 nitrogen and oxygen atoms in total. The normalized spacial score (nSPS) is 10.9. The SMILES string of the molecule is CCCCOc1ccc(OCCCC)c(CCC(=O)c2c(OCCCC)c(OCCCC)cc(OCCCC)c2OCCCC)c1. The summed E-state index contributed by atoms with van der Waals surface area (Å²) >= 11 is 0. The van der Waals surface area contributed by atoms with Crippen molar-refractivity contribution in [2.75, 3.05) is 39.6 Å². The second-order valence-electron chi connectivity index (χ2n) is 11.8. The van der Waals surface area contributed by atoms with Crippen molar-refractivity contribution in [3.63, 3.8) is 0 Å². The number of Topliss-reactive ketones (excluding diaryl/α,β-unsaturated/α-hetero) is 1. The second kappa shape index (κ2) is 24.1. The van der Waals surface area contributed by atoms with E-state index in [2.05, 4.69) is 41.5 Å². The highest BCUT2D eigenvalue weighted by Crippen LogP contribution is 2.46. The first-order valence-electron chi connectivity index (χ1n) is 18.2. The van der Waals surface area contributed by atoms with Crippen LogP contribution in [0.4, 0.5) is 0 Å². The molecule has 0 heterocycles. The van der Waals surface area contributed by atoms with Gasteiger partial charge in [-0.2, -0.15) is 0 Å². The van der Waals surface area contributed by atoms with Crippen molar-refractivity contribution < 1.29 is 33.2 Å². The van der Waals surface area contributed by atoms with Crippen molar-refractivity contribution in [2.45, 2.75) is 131 Å². The molecule has 0 atom stereocenters. The summed E-state index contributed by atoms with van der Waals surface area (Å²) in [5.41, 5.74) is 1.37. The Morgan fingerprint density at radius 2 is 0.913 bits per heavy atom. The van der Waals surface area contributed by atoms with E-state index in [1.807, 2.05) is 24.3 Å². The van der Waals surface area contributed by atoms with E-state index in [9.17, 15) is 4.79 Å². The van der Waals surface area contributed by atoms with Crippen molar-refractivity contribution in [3.05, 3.63) is 35.4 Å². The Morgan fingerprint density at radius 3 is 1.37 bits per heavy atom. The molecule has 46 heavy (non-hydrogen) atoms. The Balaban J connectivity index is 2.57. The Bertz CT molecular complexity index is 1070. The zero-order chi connectivity index (χ0) is 33.4. The largest absolute Gasteiger partial charge is 0.494 e. The van der Waals surface area contributed by atoms with Crippen molar-refractivity contribution in [1.82, 2.24) is 0 Å². The molecule has 0 aliphatic heterocycles. The zero-order valence-electron chi connectivity index (χ0n) is 29.8. The minimum Gasteiger partial charge on any atom is -0.494 e. The average molecular weight is 643 g/mol. The fourth-order valence-corrected chi connectivity index (χ4v) is 4.66. The van der Waals surface area contributed by atoms with Crippen LogP contribution < -0.4 is 28.4 Å². The standard InChI is InChI=1S/C39H62O7/c1-7-13-23-41-32-20-22-34(42-24-14-8-2)31(29-32)19-21-33(40)37-38(45-27-17-11-5)35(43-25-15-9-3)30-36(44-26-16-10-4)39(37)46-28-18-12-6/h20,22,29-30H,7-19,21,23-28H2,1-6H3. The van der Waals surface area contributed by atoms with Gasteiger partial charge in [0.1, 0.15) is 17.1 Å². The molecule has 0 saturated heterocycles. The molecular formula is C39H62O7. The van der Waals surface area contributed by atoms with Gasteiger partial charge < -0.3 is 28.4 Å². The van der Waals surface area contributed by atoms with E-state index in [0.29, 0.717) is 74.6 Å². The van der Waals surface area contributed by atoms with Gasteiger partial charge in [-0.15, -0.1) is 0 Å². The van der Waals surface area contributed by atoms with E-state index in [4.69, 9.17) is 28.4 Å². The molecule has 0 unspecified atom stereocenters. The molecule has 0 saturated carbocycles. The fraction of sp³-hybridized carbons (Fsp3) is 0.667. The molecule has 260 valence electrons. The van der Waals surface area contributed by atoms with Crippen molar-refractivity contribution in [1.29, 1.82) is 0 Å². The van der Waals surface area contributed by atoms with Crippen LogP contribution in [0.1, 0.15) is 141 Å². The third-order valence-electron chi connectivity index (χ3n) is 7.62. The number of unbranched alkanes of at least 4 members (excludes halogenated alkanes) is 6. The Labute approximate surface area is 279 Å². The van der Waals surface area contributed by atoms with Gasteiger partial charge in [0.05, 0.1) is 39.6 Å². The maximum Gasteiger partial charge on any atom is 0.176 e. The van der Waals surface area contributed by atoms with Gasteiger partial charge in [0.25, 0.3) is 0 Å². The molecule has 0 fully saturated rings. The Kier molecular flexibility index (Phi) is 20.5. The van der Waals surface area contributed by atoms with Crippen molar-refractivity contribution in [2.24, 2.45) is 0 Å². The molecule has 0 aliphatic rings. The molecule has 7 heteroatoms. The van der Waals surface area contributed by atoms with Crippen LogP contribution >= 0.6 is 0 Å². The summed E-state index contributed by atoms with van der Waals surface area (Å²) in [6, 6.07) is 7.81. The first-order chi connectivity index (χ1) is 22.5. The summed E-state index contributed by atoms with van der Waals surface area (Å²) in [7, 11) is 0. The zero-order valence-corrected chi connectivity index (χ0v) is 29.8. The van der Waals surface area contributed by atoms with Crippen LogP contribution in [0.3, 0.4) is 0 Å². The van der Waals surface area contributed by atoms with Crippen molar-refractivity contribution in [3.8, 4) is 34.5 Å². The highest BCUT2D eigenvalue weighted by molar-refractivity contribution is 6.03. The number of rotatable bonds is 28. The molecule has 2 rings (SSSR count). The van der Waals surface area contributed by atoms with E-state index < -0.39 is 0 Å². The average Bonchev–Trinajstić information content (AvgIpc) is 3.06. The number of carbonyl (C=O) groups excluding carboxylic acids is 1. The lowest BCUT2D eigenvalue weighted by Crippen LogP contribution is -2.14. The molecule has 0 amide bonds. The summed E-state index contributed by atoms with van der Waals surface area (Å²) in [5, 5.41) is 0. The molecule has 2 aromatic rings. The van der Waals surface area contributed by atoms with Gasteiger partial charge in [0, 0.05) is 12.5 Å². The molecule has 0 radical (unpaired) electrons. The van der Waals surface area contributed by atoms with Gasteiger partial charge in [0.15, 0.2) is 28.8 Å². The number of hydrogen-bond acceptors (Lipinski definition) is 7. The third kappa shape index (κ3) is 13.7. The van der Waals surface area contributed by atoms with Gasteiger partial charge in [-0.3, -0.25) is 4.79 Å². The topological polar surface area (TPSA) is 72.5 Å². The molecule has 2 aromatic carbocycles. The van der Waals surface area contributed by atoms with Crippen LogP contribution in [-0.4, -0.2) is 45.4 Å². The first kappa shape index (κ1) is 39.1. The van der Waals surface area contributed by atoms with Gasteiger partial charge in [-0.25, -0.2) is 0 Å². The fourth-order valence-electron chi connectivity index (χ4n) is 4.66. The minimum atomic E-state index is -0.0731. The number of hydrogen-bond donors (Lipinski definition) is 0. The predicted molar refractivity (Wildman–Crippen MR) is 188 cm³/mol. The molecule has 0 spiro atoms. The number of carbonyl (C=O) groups is 1. The number of benzene rings is 2. The lowest BCUT2D eigenvalue weighted by molar-refractivity contribution is 0.0971. The summed E-state index contributed by atoms with van der Waals surface area (Å²) in [6.07, 6.45) is 12.3. The van der Waals surface area contributed by atoms with Crippen LogP contribution in [0.5, 0.6) is 34.5 Å². The molecule has 0 N–H and O–H groups in total. The summed E-state index contributed by atoms with van der Waals surface area (Å²) in [5.74, 6) is 3.51. The predicted octanol–water partition coefficient (Wildman–Crippen LogP) is 10.6. The Hall–Kier alpha value is -3.09. The summed E-state index contributed by atoms with van der Waals surface area (Å²) in [4.78, 5) is 14.4. The van der Waals surface area contributed by atoms with Gasteiger partial charge >= 0.3 is 0 Å². The second-order valence-corrected chi connectivity index (χ2v) is 11.8. The smallest absolute Gasteiger partial charge is 0.176 e. The number of aryl methyl sites for hydroxylation is 1. The van der Waals surface area contributed by atoms with Crippen LogP contribution in [0, 0.1) is 0 Å². The van der Waals surface area contributed by atoms with Gasteiger partial charge in [-0.05, 0) is 68.7 Å². The highest BCUT2D eigenvalue weighted by atomic mass is 16.5. The van der Waals surface area contributed by atoms with E-state index in [1.54, 1.807) is 0 Å². The highest BCUT2D eigenvalue weighted by Gasteiger charge is 2.28. The number of ether oxygens (including phenoxy) is 6. The van der Waals surface area contributed by atoms with Crippen LogP contribution in [-0.2, 0) is 6.42 Å². The Morgan fingerprint density at radius 1 is 0.500 bits per heavy atom. The quantitative estimate of drug-likeness (QED) is 0.0675. The maximum absolute atomic E-state index is 14.4. The molecule has 0 aromatic heterocycles. The maximum atomic E-state index is 14.4. The number of ketones is 1. The van der Waals surface area contributed by atoms with E-state index in [1.165, 1.54) is 0 Å². The van der Waals surface area contributed by atoms with E-state index in [-0.39, 0.29) is 12.2 Å². The summed E-state index contributed by atoms with van der Waals surface area (Å²) < 4.78 is 37.5.